The van der Waals surface area contributed by atoms with Crippen LogP contribution in [0.2, 0.25) is 0 Å². The van der Waals surface area contributed by atoms with Gasteiger partial charge < -0.3 is 0 Å². The second kappa shape index (κ2) is 6.14. The SMILES string of the molecule is CC(C)(C)OOC1(OOC(C)(C)C)CCCCC1=S. The predicted molar refractivity (Wildman–Crippen MR) is 77.6 cm³/mol. The van der Waals surface area contributed by atoms with Gasteiger partial charge in [-0.2, -0.15) is 9.78 Å². The van der Waals surface area contributed by atoms with Crippen LogP contribution in [0.1, 0.15) is 67.2 Å². The molecule has 0 aromatic heterocycles. The highest BCUT2D eigenvalue weighted by molar-refractivity contribution is 7.80. The lowest BCUT2D eigenvalue weighted by atomic mass is 9.94. The molecule has 0 heterocycles. The van der Waals surface area contributed by atoms with E-state index in [9.17, 15) is 0 Å². The Balaban J connectivity index is 2.75. The van der Waals surface area contributed by atoms with Crippen LogP contribution < -0.4 is 0 Å². The van der Waals surface area contributed by atoms with E-state index >= 15 is 0 Å². The molecular weight excluding hydrogens is 264 g/mol. The number of thiocarbonyl (C=S) groups is 1. The summed E-state index contributed by atoms with van der Waals surface area (Å²) < 4.78 is 0. The lowest BCUT2D eigenvalue weighted by molar-refractivity contribution is -0.521. The van der Waals surface area contributed by atoms with Gasteiger partial charge in [0, 0.05) is 6.42 Å². The molecule has 0 saturated heterocycles. The molecule has 0 bridgehead atoms. The molecule has 0 unspecified atom stereocenters. The first-order chi connectivity index (χ1) is 8.54. The Morgan fingerprint density at radius 1 is 0.895 bits per heavy atom. The summed E-state index contributed by atoms with van der Waals surface area (Å²) in [7, 11) is 0. The van der Waals surface area contributed by atoms with Gasteiger partial charge in [0.15, 0.2) is 0 Å². The van der Waals surface area contributed by atoms with Crippen molar-refractivity contribution in [2.75, 3.05) is 0 Å². The van der Waals surface area contributed by atoms with E-state index in [-0.39, 0.29) is 0 Å². The van der Waals surface area contributed by atoms with E-state index < -0.39 is 17.0 Å². The van der Waals surface area contributed by atoms with Crippen molar-refractivity contribution in [3.8, 4) is 0 Å². The molecule has 0 spiro atoms. The molecule has 0 radical (unpaired) electrons. The Morgan fingerprint density at radius 2 is 1.37 bits per heavy atom. The van der Waals surface area contributed by atoms with Gasteiger partial charge in [0.2, 0.25) is 0 Å². The summed E-state index contributed by atoms with van der Waals surface area (Å²) in [5.41, 5.74) is -0.851. The fourth-order valence-corrected chi connectivity index (χ4v) is 1.86. The van der Waals surface area contributed by atoms with Gasteiger partial charge >= 0.3 is 0 Å². The van der Waals surface area contributed by atoms with E-state index in [2.05, 4.69) is 0 Å². The molecule has 1 fully saturated rings. The Hall–Kier alpha value is -0.0700. The van der Waals surface area contributed by atoms with Crippen LogP contribution in [0, 0.1) is 0 Å². The van der Waals surface area contributed by atoms with Gasteiger partial charge in [-0.3, -0.25) is 0 Å². The molecular formula is C14H26O4S. The monoisotopic (exact) mass is 290 g/mol. The largest absolute Gasteiger partial charge is 0.265 e. The Labute approximate surface area is 121 Å². The van der Waals surface area contributed by atoms with Crippen LogP contribution in [0.5, 0.6) is 0 Å². The molecule has 5 heteroatoms. The molecule has 0 aromatic carbocycles. The van der Waals surface area contributed by atoms with Crippen molar-refractivity contribution in [3.05, 3.63) is 0 Å². The zero-order valence-electron chi connectivity index (χ0n) is 12.9. The van der Waals surface area contributed by atoms with Crippen molar-refractivity contribution in [1.82, 2.24) is 0 Å². The third kappa shape index (κ3) is 5.83. The maximum Gasteiger partial charge on any atom is 0.265 e. The van der Waals surface area contributed by atoms with Crippen LogP contribution in [0.3, 0.4) is 0 Å². The number of hydrogen-bond acceptors (Lipinski definition) is 5. The number of hydrogen-bond donors (Lipinski definition) is 0. The van der Waals surface area contributed by atoms with E-state index in [1.165, 1.54) is 0 Å². The Morgan fingerprint density at radius 3 is 1.74 bits per heavy atom. The van der Waals surface area contributed by atoms with Crippen LogP contribution >= 0.6 is 12.2 Å². The van der Waals surface area contributed by atoms with E-state index in [4.69, 9.17) is 31.8 Å². The minimum absolute atomic E-state index is 0.425. The molecule has 1 saturated carbocycles. The van der Waals surface area contributed by atoms with Crippen molar-refractivity contribution in [3.63, 3.8) is 0 Å². The minimum Gasteiger partial charge on any atom is -0.227 e. The van der Waals surface area contributed by atoms with E-state index in [1.807, 2.05) is 41.5 Å². The highest BCUT2D eigenvalue weighted by Gasteiger charge is 2.44. The van der Waals surface area contributed by atoms with Crippen molar-refractivity contribution in [2.24, 2.45) is 0 Å². The van der Waals surface area contributed by atoms with Gasteiger partial charge in [0.1, 0.15) is 0 Å². The first kappa shape index (κ1) is 17.0. The van der Waals surface area contributed by atoms with Crippen LogP contribution in [0.15, 0.2) is 0 Å². The number of rotatable bonds is 4. The average Bonchev–Trinajstić information content (AvgIpc) is 2.24. The topological polar surface area (TPSA) is 36.9 Å². The second-order valence-electron chi connectivity index (χ2n) is 6.94. The van der Waals surface area contributed by atoms with E-state index in [1.54, 1.807) is 0 Å². The van der Waals surface area contributed by atoms with Gasteiger partial charge in [0.25, 0.3) is 5.79 Å². The third-order valence-corrected chi connectivity index (χ3v) is 2.95. The normalized spacial score (nSPS) is 20.6. The zero-order valence-corrected chi connectivity index (χ0v) is 13.7. The highest BCUT2D eigenvalue weighted by Crippen LogP contribution is 2.34. The molecule has 0 aliphatic heterocycles. The molecule has 1 rings (SSSR count). The molecule has 0 N–H and O–H groups in total. The van der Waals surface area contributed by atoms with E-state index in [0.717, 1.165) is 19.3 Å². The van der Waals surface area contributed by atoms with E-state index in [0.29, 0.717) is 11.3 Å². The Bertz CT molecular complexity index is 296. The van der Waals surface area contributed by atoms with Crippen LogP contribution in [-0.2, 0) is 19.6 Å². The van der Waals surface area contributed by atoms with Crippen molar-refractivity contribution in [1.29, 1.82) is 0 Å². The summed E-state index contributed by atoms with van der Waals surface area (Å²) >= 11 is 5.41. The fourth-order valence-electron chi connectivity index (χ4n) is 1.55. The standard InChI is InChI=1S/C14H26O4S/c1-12(2,3)15-17-14(18-16-13(4,5)6)10-8-7-9-11(14)19/h7-10H2,1-6H3. The Kier molecular flexibility index (Phi) is 5.49. The molecule has 19 heavy (non-hydrogen) atoms. The summed E-state index contributed by atoms with van der Waals surface area (Å²) in [6.45, 7) is 11.5. The average molecular weight is 290 g/mol. The van der Waals surface area contributed by atoms with Crippen molar-refractivity contribution >= 4 is 17.1 Å². The summed E-state index contributed by atoms with van der Waals surface area (Å²) in [4.78, 5) is 22.6. The highest BCUT2D eigenvalue weighted by atomic mass is 32.1. The molecule has 1 aliphatic carbocycles. The molecule has 0 atom stereocenters. The van der Waals surface area contributed by atoms with Gasteiger partial charge in [0.05, 0.1) is 16.1 Å². The molecule has 0 amide bonds. The molecule has 4 nitrogen and oxygen atoms in total. The fraction of sp³-hybridized carbons (Fsp3) is 0.929. The third-order valence-electron chi connectivity index (χ3n) is 2.44. The summed E-state index contributed by atoms with van der Waals surface area (Å²) in [5.74, 6) is -1.06. The van der Waals surface area contributed by atoms with Crippen molar-refractivity contribution in [2.45, 2.75) is 84.2 Å². The van der Waals surface area contributed by atoms with Gasteiger partial charge in [-0.15, -0.1) is 0 Å². The lowest BCUT2D eigenvalue weighted by Crippen LogP contribution is -2.48. The van der Waals surface area contributed by atoms with Crippen LogP contribution in [0.4, 0.5) is 0 Å². The first-order valence-corrected chi connectivity index (χ1v) is 7.22. The summed E-state index contributed by atoms with van der Waals surface area (Å²) in [6, 6.07) is 0. The summed E-state index contributed by atoms with van der Waals surface area (Å²) in [5, 5.41) is 0. The molecule has 112 valence electrons. The first-order valence-electron chi connectivity index (χ1n) is 6.81. The second-order valence-corrected chi connectivity index (χ2v) is 7.43. The zero-order chi connectivity index (χ0) is 14.7. The smallest absolute Gasteiger partial charge is 0.227 e. The quantitative estimate of drug-likeness (QED) is 0.337. The molecule has 1 aliphatic rings. The van der Waals surface area contributed by atoms with Crippen LogP contribution in [0.25, 0.3) is 0 Å². The lowest BCUT2D eigenvalue weighted by Gasteiger charge is -2.37. The molecule has 0 aromatic rings. The van der Waals surface area contributed by atoms with Gasteiger partial charge in [-0.25, -0.2) is 9.78 Å². The van der Waals surface area contributed by atoms with Crippen molar-refractivity contribution < 1.29 is 19.6 Å². The minimum atomic E-state index is -1.06. The van der Waals surface area contributed by atoms with Crippen LogP contribution in [-0.4, -0.2) is 21.9 Å². The summed E-state index contributed by atoms with van der Waals surface area (Å²) in [6.07, 6.45) is 3.47. The van der Waals surface area contributed by atoms with Gasteiger partial charge in [-0.1, -0.05) is 12.2 Å². The maximum atomic E-state index is 5.55. The predicted octanol–water partition coefficient (Wildman–Crippen LogP) is 4.12. The maximum absolute atomic E-state index is 5.55. The van der Waals surface area contributed by atoms with Gasteiger partial charge in [-0.05, 0) is 60.8 Å².